The van der Waals surface area contributed by atoms with Crippen LogP contribution in [0.25, 0.3) is 120 Å². The third-order valence-corrected chi connectivity index (χ3v) is 15.6. The molecule has 4 heteroatoms. The second-order valence-corrected chi connectivity index (χ2v) is 18.2. The van der Waals surface area contributed by atoms with Gasteiger partial charge in [0.15, 0.2) is 0 Å². The van der Waals surface area contributed by atoms with Crippen molar-refractivity contribution in [1.82, 2.24) is 9.13 Å². The van der Waals surface area contributed by atoms with Crippen molar-refractivity contribution in [2.45, 2.75) is 0 Å². The molecule has 4 aliphatic heterocycles. The fourth-order valence-electron chi connectivity index (χ4n) is 13.5. The largest absolute Gasteiger partial charge is 0.310 e. The molecule has 17 rings (SSSR count). The number of hydrogen-bond donors (Lipinski definition) is 0. The van der Waals surface area contributed by atoms with Crippen LogP contribution in [0.4, 0.5) is 0 Å². The highest BCUT2D eigenvalue weighted by molar-refractivity contribution is 7.04. The topological polar surface area (TPSA) is 9.86 Å². The van der Waals surface area contributed by atoms with Gasteiger partial charge in [-0.1, -0.05) is 181 Å². The fourth-order valence-corrected chi connectivity index (χ4v) is 13.5. The van der Waals surface area contributed by atoms with Gasteiger partial charge in [-0.2, -0.15) is 0 Å². The van der Waals surface area contributed by atoms with Crippen molar-refractivity contribution in [2.75, 3.05) is 0 Å². The van der Waals surface area contributed by atoms with E-state index in [0.29, 0.717) is 0 Å². The molecule has 2 aromatic heterocycles. The van der Waals surface area contributed by atoms with Crippen LogP contribution < -0.4 is 32.8 Å². The summed E-state index contributed by atoms with van der Waals surface area (Å²) in [6.07, 6.45) is 0. The van der Waals surface area contributed by atoms with Gasteiger partial charge in [-0.25, -0.2) is 0 Å². The van der Waals surface area contributed by atoms with Crippen molar-refractivity contribution >= 4 is 133 Å². The molecule has 13 aromatic rings. The van der Waals surface area contributed by atoms with Crippen molar-refractivity contribution in [3.05, 3.63) is 182 Å². The summed E-state index contributed by atoms with van der Waals surface area (Å²) in [6, 6.07) is 69.8. The van der Waals surface area contributed by atoms with E-state index in [0.717, 1.165) is 0 Å². The zero-order chi connectivity index (χ0) is 39.7. The maximum Gasteiger partial charge on any atom is 0.248 e. The number of fused-ring (bicyclic) bond motifs is 28. The summed E-state index contributed by atoms with van der Waals surface area (Å²) in [5, 5.41) is 15.9. The molecule has 0 unspecified atom stereocenters. The van der Waals surface area contributed by atoms with Crippen LogP contribution >= 0.6 is 0 Å². The van der Waals surface area contributed by atoms with Gasteiger partial charge in [-0.15, -0.1) is 0 Å². The minimum absolute atomic E-state index is 0.0927. The molecule has 0 aliphatic carbocycles. The third kappa shape index (κ3) is 3.28. The van der Waals surface area contributed by atoms with Crippen LogP contribution in [-0.2, 0) is 0 Å². The van der Waals surface area contributed by atoms with Gasteiger partial charge in [0.25, 0.3) is 0 Å². The molecule has 0 radical (unpaired) electrons. The van der Waals surface area contributed by atoms with Crippen LogP contribution in [0.1, 0.15) is 0 Å². The number of nitrogens with zero attached hydrogens (tertiary/aromatic N) is 2. The molecule has 0 spiro atoms. The van der Waals surface area contributed by atoms with Crippen molar-refractivity contribution in [3.8, 4) is 33.6 Å². The second-order valence-electron chi connectivity index (χ2n) is 18.2. The average molecular weight is 777 g/mol. The Kier molecular flexibility index (Phi) is 5.21. The summed E-state index contributed by atoms with van der Waals surface area (Å²) in [5.74, 6) is 0. The molecule has 0 atom stereocenters. The standard InChI is InChI=1S/C58H30B2N2/c1-3-15-33-31(13-1)25-27-41-51-37-19-7-5-17-35(37)49-39-21-9-11-23-43(39)59-45-30-48-46(29-47(45)61(55(33)41)57(51)53(49)59)60-44-24-12-10-22-40(44)50-36-18-6-8-20-38(36)52-42-28-26-32-14-2-4-16-34(32)56(42)62(48)58(52)54(50)60/h1-30H. The van der Waals surface area contributed by atoms with Crippen LogP contribution in [0.3, 0.4) is 0 Å². The van der Waals surface area contributed by atoms with Gasteiger partial charge >= 0.3 is 0 Å². The quantitative estimate of drug-likeness (QED) is 0.136. The van der Waals surface area contributed by atoms with E-state index in [9.17, 15) is 0 Å². The maximum absolute atomic E-state index is 2.71. The molecule has 0 fully saturated rings. The van der Waals surface area contributed by atoms with E-state index in [2.05, 4.69) is 191 Å². The Morgan fingerprint density at radius 2 is 0.677 bits per heavy atom. The highest BCUT2D eigenvalue weighted by atomic mass is 15.0. The fraction of sp³-hybridized carbons (Fsp3) is 0. The van der Waals surface area contributed by atoms with E-state index < -0.39 is 0 Å². The lowest BCUT2D eigenvalue weighted by molar-refractivity contribution is 1.17. The minimum Gasteiger partial charge on any atom is -0.310 e. The predicted octanol–water partition coefficient (Wildman–Crippen LogP) is 10.1. The molecule has 0 saturated heterocycles. The highest BCUT2D eigenvalue weighted by Crippen LogP contribution is 2.48. The number of benzene rings is 11. The maximum atomic E-state index is 2.71. The molecule has 6 heterocycles. The van der Waals surface area contributed by atoms with Crippen LogP contribution in [-0.4, -0.2) is 22.6 Å². The third-order valence-electron chi connectivity index (χ3n) is 15.6. The first-order valence-corrected chi connectivity index (χ1v) is 22.0. The molecule has 278 valence electrons. The summed E-state index contributed by atoms with van der Waals surface area (Å²) in [5.41, 5.74) is 22.0. The molecule has 4 aliphatic rings. The molecule has 0 amide bonds. The van der Waals surface area contributed by atoms with E-state index in [-0.39, 0.29) is 13.4 Å². The first-order valence-electron chi connectivity index (χ1n) is 22.0. The van der Waals surface area contributed by atoms with Crippen molar-refractivity contribution in [3.63, 3.8) is 0 Å². The Labute approximate surface area is 356 Å². The van der Waals surface area contributed by atoms with Gasteiger partial charge in [0, 0.05) is 43.7 Å². The lowest BCUT2D eigenvalue weighted by Crippen LogP contribution is -2.57. The SMILES string of the molecule is c1ccc2c(c1)B1c3cc4c(cc3-n3c5c1c-2c1ccccc1c5c1ccc2ccccc2c13)B1c2ccccc2-c2c1c1c(c3ccccc23)c2ccc3ccccc3c2n1-4. The molecule has 62 heavy (non-hydrogen) atoms. The van der Waals surface area contributed by atoms with Crippen molar-refractivity contribution in [2.24, 2.45) is 0 Å². The Morgan fingerprint density at radius 3 is 1.15 bits per heavy atom. The summed E-state index contributed by atoms with van der Waals surface area (Å²) in [6.45, 7) is 0.185. The van der Waals surface area contributed by atoms with E-state index in [1.807, 2.05) is 0 Å². The second kappa shape index (κ2) is 10.4. The van der Waals surface area contributed by atoms with Crippen LogP contribution in [0.2, 0.25) is 0 Å². The van der Waals surface area contributed by atoms with Gasteiger partial charge < -0.3 is 9.13 Å². The van der Waals surface area contributed by atoms with E-state index in [1.165, 1.54) is 153 Å². The van der Waals surface area contributed by atoms with Gasteiger partial charge in [-0.3, -0.25) is 0 Å². The van der Waals surface area contributed by atoms with Crippen molar-refractivity contribution < 1.29 is 0 Å². The summed E-state index contributed by atoms with van der Waals surface area (Å²) in [7, 11) is 0. The first-order chi connectivity index (χ1) is 30.8. The molecule has 0 saturated carbocycles. The van der Waals surface area contributed by atoms with Gasteiger partial charge in [0.1, 0.15) is 0 Å². The van der Waals surface area contributed by atoms with Crippen LogP contribution in [0.15, 0.2) is 182 Å². The predicted molar refractivity (Wildman–Crippen MR) is 265 cm³/mol. The van der Waals surface area contributed by atoms with E-state index >= 15 is 0 Å². The molecular weight excluding hydrogens is 746 g/mol. The number of aromatic nitrogens is 2. The minimum atomic E-state index is 0.0927. The molecular formula is C58H30B2N2. The smallest absolute Gasteiger partial charge is 0.248 e. The zero-order valence-electron chi connectivity index (χ0n) is 33.4. The van der Waals surface area contributed by atoms with Gasteiger partial charge in [-0.05, 0) is 88.6 Å². The van der Waals surface area contributed by atoms with Gasteiger partial charge in [0.05, 0.1) is 22.1 Å². The lowest BCUT2D eigenvalue weighted by atomic mass is 9.35. The number of hydrogen-bond acceptors (Lipinski definition) is 0. The molecule has 0 bridgehead atoms. The highest BCUT2D eigenvalue weighted by Gasteiger charge is 2.47. The summed E-state index contributed by atoms with van der Waals surface area (Å²) < 4.78 is 5.43. The first kappa shape index (κ1) is 31.1. The molecule has 2 nitrogen and oxygen atoms in total. The normalized spacial score (nSPS) is 13.7. The van der Waals surface area contributed by atoms with Crippen molar-refractivity contribution in [1.29, 1.82) is 0 Å². The van der Waals surface area contributed by atoms with E-state index in [1.54, 1.807) is 0 Å². The average Bonchev–Trinajstić information content (AvgIpc) is 4.08. The zero-order valence-corrected chi connectivity index (χ0v) is 33.4. The summed E-state index contributed by atoms with van der Waals surface area (Å²) >= 11 is 0. The van der Waals surface area contributed by atoms with Crippen LogP contribution in [0, 0.1) is 0 Å². The molecule has 11 aromatic carbocycles. The van der Waals surface area contributed by atoms with Crippen LogP contribution in [0.5, 0.6) is 0 Å². The Balaban J connectivity index is 1.14. The summed E-state index contributed by atoms with van der Waals surface area (Å²) in [4.78, 5) is 0. The number of rotatable bonds is 0. The Bertz CT molecular complexity index is 4080. The van der Waals surface area contributed by atoms with Gasteiger partial charge in [0.2, 0.25) is 13.4 Å². The lowest BCUT2D eigenvalue weighted by Gasteiger charge is -2.31. The molecule has 0 N–H and O–H groups in total. The monoisotopic (exact) mass is 776 g/mol. The Hall–Kier alpha value is -7.81. The van der Waals surface area contributed by atoms with E-state index in [4.69, 9.17) is 0 Å². The Morgan fingerprint density at radius 1 is 0.290 bits per heavy atom.